The highest BCUT2D eigenvalue weighted by molar-refractivity contribution is 5.99. The average Bonchev–Trinajstić information content (AvgIpc) is 2.88. The molecule has 0 saturated heterocycles. The van der Waals surface area contributed by atoms with Crippen LogP contribution in [-0.2, 0) is 9.53 Å². The Morgan fingerprint density at radius 2 is 1.89 bits per heavy atom. The summed E-state index contributed by atoms with van der Waals surface area (Å²) in [7, 11) is 3.32. The second-order valence-corrected chi connectivity index (χ2v) is 8.90. The number of carbonyl (C=O) groups is 3. The number of anilines is 1. The van der Waals surface area contributed by atoms with Crippen LogP contribution in [0.4, 0.5) is 5.69 Å². The van der Waals surface area contributed by atoms with Crippen LogP contribution in [0.2, 0.25) is 0 Å². The number of hydrogen-bond acceptors (Lipinski definition) is 6. The van der Waals surface area contributed by atoms with Crippen LogP contribution in [0.15, 0.2) is 42.7 Å². The number of ether oxygens (including phenoxy) is 2. The van der Waals surface area contributed by atoms with Crippen molar-refractivity contribution >= 4 is 23.4 Å². The first-order chi connectivity index (χ1) is 16.7. The number of rotatable bonds is 4. The van der Waals surface area contributed by atoms with Gasteiger partial charge in [0.25, 0.3) is 11.8 Å². The third-order valence-corrected chi connectivity index (χ3v) is 6.24. The summed E-state index contributed by atoms with van der Waals surface area (Å²) in [6.07, 6.45) is 3.22. The van der Waals surface area contributed by atoms with Gasteiger partial charge < -0.3 is 24.6 Å². The van der Waals surface area contributed by atoms with E-state index in [0.717, 1.165) is 0 Å². The predicted octanol–water partition coefficient (Wildman–Crippen LogP) is 3.08. The number of benzene rings is 1. The Morgan fingerprint density at radius 3 is 2.54 bits per heavy atom. The Bertz CT molecular complexity index is 1050. The third kappa shape index (κ3) is 6.36. The number of nitrogens with zero attached hydrogens (tertiary/aromatic N) is 3. The maximum atomic E-state index is 13.4. The van der Waals surface area contributed by atoms with Gasteiger partial charge >= 0.3 is 0 Å². The van der Waals surface area contributed by atoms with Gasteiger partial charge in [0.1, 0.15) is 12.4 Å². The molecule has 0 radical (unpaired) electrons. The van der Waals surface area contributed by atoms with Crippen molar-refractivity contribution in [3.8, 4) is 5.75 Å². The maximum absolute atomic E-state index is 13.4. The summed E-state index contributed by atoms with van der Waals surface area (Å²) < 4.78 is 11.8. The van der Waals surface area contributed by atoms with Crippen LogP contribution in [-0.4, -0.2) is 78.5 Å². The first-order valence-corrected chi connectivity index (χ1v) is 11.8. The molecule has 1 aliphatic rings. The number of aromatic nitrogens is 1. The van der Waals surface area contributed by atoms with Crippen molar-refractivity contribution < 1.29 is 23.9 Å². The lowest BCUT2D eigenvalue weighted by atomic mass is 10.0. The van der Waals surface area contributed by atoms with Crippen LogP contribution in [0, 0.1) is 5.92 Å². The number of fused-ring (bicyclic) bond motifs is 1. The molecule has 3 rings (SSSR count). The van der Waals surface area contributed by atoms with Gasteiger partial charge in [-0.3, -0.25) is 19.4 Å². The van der Waals surface area contributed by atoms with Crippen LogP contribution in [0.1, 0.15) is 47.9 Å². The number of methoxy groups -OCH3 is 1. The monoisotopic (exact) mass is 482 g/mol. The minimum atomic E-state index is -0.296. The van der Waals surface area contributed by atoms with E-state index in [1.54, 1.807) is 73.6 Å². The van der Waals surface area contributed by atoms with Gasteiger partial charge in [-0.15, -0.1) is 0 Å². The second-order valence-electron chi connectivity index (χ2n) is 8.90. The molecule has 1 N–H and O–H groups in total. The van der Waals surface area contributed by atoms with Crippen LogP contribution in [0.5, 0.6) is 5.75 Å². The predicted molar refractivity (Wildman–Crippen MR) is 133 cm³/mol. The minimum absolute atomic E-state index is 0.0578. The Morgan fingerprint density at radius 1 is 1.17 bits per heavy atom. The van der Waals surface area contributed by atoms with Gasteiger partial charge in [-0.1, -0.05) is 13.8 Å². The van der Waals surface area contributed by atoms with Crippen LogP contribution in [0.25, 0.3) is 0 Å². The molecule has 9 nitrogen and oxygen atoms in total. The van der Waals surface area contributed by atoms with Crippen molar-refractivity contribution in [3.63, 3.8) is 0 Å². The number of pyridine rings is 1. The fourth-order valence-corrected chi connectivity index (χ4v) is 4.05. The summed E-state index contributed by atoms with van der Waals surface area (Å²) in [5, 5.41) is 2.79. The van der Waals surface area contributed by atoms with E-state index in [4.69, 9.17) is 9.47 Å². The van der Waals surface area contributed by atoms with Gasteiger partial charge in [0, 0.05) is 63.2 Å². The summed E-state index contributed by atoms with van der Waals surface area (Å²) in [6.45, 7) is 6.63. The Labute approximate surface area is 206 Å². The Balaban J connectivity index is 1.98. The molecule has 0 bridgehead atoms. The molecule has 0 aliphatic carbocycles. The molecule has 0 unspecified atom stereocenters. The van der Waals surface area contributed by atoms with Gasteiger partial charge in [-0.25, -0.2) is 0 Å². The molecule has 1 aromatic heterocycles. The van der Waals surface area contributed by atoms with E-state index in [1.807, 2.05) is 13.8 Å². The average molecular weight is 483 g/mol. The lowest BCUT2D eigenvalue weighted by Crippen LogP contribution is -2.48. The summed E-state index contributed by atoms with van der Waals surface area (Å²) in [6, 6.07) is 8.11. The number of hydrogen-bond donors (Lipinski definition) is 1. The zero-order chi connectivity index (χ0) is 25.5. The standard InChI is InChI=1S/C26H34N4O5/c1-6-24(31)28-20-7-8-22-21(13-20)26(33)29(4)15-23(34-5)17(2)14-30(18(3)16-35-22)25(32)19-9-11-27-12-10-19/h7-13,17-18,23H,6,14-16H2,1-5H3,(H,28,31)/t17-,18+,23+/m0/s1. The molecule has 35 heavy (non-hydrogen) atoms. The fraction of sp³-hybridized carbons (Fsp3) is 0.462. The molecule has 3 atom stereocenters. The van der Waals surface area contributed by atoms with E-state index in [0.29, 0.717) is 42.1 Å². The molecule has 3 amide bonds. The van der Waals surface area contributed by atoms with E-state index in [9.17, 15) is 14.4 Å². The lowest BCUT2D eigenvalue weighted by Gasteiger charge is -2.36. The molecule has 0 spiro atoms. The van der Waals surface area contributed by atoms with Gasteiger partial charge in [0.05, 0.1) is 17.7 Å². The molecule has 1 aliphatic heterocycles. The minimum Gasteiger partial charge on any atom is -0.491 e. The Hall–Kier alpha value is -3.46. The molecule has 1 aromatic carbocycles. The summed E-state index contributed by atoms with van der Waals surface area (Å²) in [4.78, 5) is 46.0. The van der Waals surface area contributed by atoms with Crippen molar-refractivity contribution in [2.75, 3.05) is 39.2 Å². The van der Waals surface area contributed by atoms with Crippen LogP contribution in [0.3, 0.4) is 0 Å². The van der Waals surface area contributed by atoms with Crippen molar-refractivity contribution in [2.45, 2.75) is 39.3 Å². The van der Waals surface area contributed by atoms with Crippen molar-refractivity contribution in [3.05, 3.63) is 53.9 Å². The van der Waals surface area contributed by atoms with Crippen molar-refractivity contribution in [1.82, 2.24) is 14.8 Å². The molecule has 9 heteroatoms. The topological polar surface area (TPSA) is 101 Å². The quantitative estimate of drug-likeness (QED) is 0.719. The lowest BCUT2D eigenvalue weighted by molar-refractivity contribution is -0.115. The van der Waals surface area contributed by atoms with Gasteiger partial charge in [0.15, 0.2) is 0 Å². The first kappa shape index (κ1) is 26.2. The van der Waals surface area contributed by atoms with E-state index in [-0.39, 0.29) is 42.4 Å². The van der Waals surface area contributed by atoms with Gasteiger partial charge in [-0.2, -0.15) is 0 Å². The largest absolute Gasteiger partial charge is 0.491 e. The highest BCUT2D eigenvalue weighted by Crippen LogP contribution is 2.27. The summed E-state index contributed by atoms with van der Waals surface area (Å²) in [5.74, 6) is -0.170. The van der Waals surface area contributed by atoms with Gasteiger partial charge in [0.2, 0.25) is 5.91 Å². The molecule has 2 heterocycles. The van der Waals surface area contributed by atoms with E-state index >= 15 is 0 Å². The second kappa shape index (κ2) is 11.8. The van der Waals surface area contributed by atoms with Crippen molar-refractivity contribution in [2.24, 2.45) is 5.92 Å². The molecule has 0 saturated carbocycles. The molecular weight excluding hydrogens is 448 g/mol. The van der Waals surface area contributed by atoms with Crippen molar-refractivity contribution in [1.29, 1.82) is 0 Å². The molecular formula is C26H34N4O5. The highest BCUT2D eigenvalue weighted by atomic mass is 16.5. The SMILES string of the molecule is CCC(=O)Nc1ccc2c(c1)C(=O)N(C)C[C@@H](OC)[C@@H](C)CN(C(=O)c1ccncc1)[C@H](C)CO2. The zero-order valence-electron chi connectivity index (χ0n) is 21.0. The Kier molecular flexibility index (Phi) is 8.81. The fourth-order valence-electron chi connectivity index (χ4n) is 4.05. The molecule has 188 valence electrons. The first-order valence-electron chi connectivity index (χ1n) is 11.8. The smallest absolute Gasteiger partial charge is 0.257 e. The van der Waals surface area contributed by atoms with Crippen LogP contribution >= 0.6 is 0 Å². The maximum Gasteiger partial charge on any atom is 0.257 e. The van der Waals surface area contributed by atoms with Crippen LogP contribution < -0.4 is 10.1 Å². The summed E-state index contributed by atoms with van der Waals surface area (Å²) in [5.41, 5.74) is 1.40. The van der Waals surface area contributed by atoms with E-state index in [2.05, 4.69) is 10.3 Å². The normalized spacial score (nSPS) is 21.3. The number of likely N-dealkylation sites (N-methyl/N-ethyl adjacent to an activating group) is 1. The molecule has 2 aromatic rings. The van der Waals surface area contributed by atoms with Gasteiger partial charge in [-0.05, 0) is 37.3 Å². The number of nitrogens with one attached hydrogen (secondary N) is 1. The third-order valence-electron chi connectivity index (χ3n) is 6.24. The molecule has 0 fully saturated rings. The highest BCUT2D eigenvalue weighted by Gasteiger charge is 2.31. The van der Waals surface area contributed by atoms with E-state index in [1.165, 1.54) is 0 Å². The summed E-state index contributed by atoms with van der Waals surface area (Å²) >= 11 is 0. The number of carbonyl (C=O) groups excluding carboxylic acids is 3. The number of amides is 3. The zero-order valence-corrected chi connectivity index (χ0v) is 21.0. The van der Waals surface area contributed by atoms with E-state index < -0.39 is 0 Å².